The minimum atomic E-state index is -0.278. The molecule has 3 heteroatoms. The van der Waals surface area contributed by atoms with Crippen molar-refractivity contribution in [2.75, 3.05) is 13.1 Å². The zero-order chi connectivity index (χ0) is 6.91. The van der Waals surface area contributed by atoms with Crippen LogP contribution in [0.25, 0.3) is 0 Å². The number of carbonyl (C=O) groups excluding carboxylic acids is 1. The lowest BCUT2D eigenvalue weighted by molar-refractivity contribution is -0.126. The van der Waals surface area contributed by atoms with Gasteiger partial charge in [0.15, 0.2) is 0 Å². The van der Waals surface area contributed by atoms with Crippen molar-refractivity contribution in [3.8, 4) is 0 Å². The Morgan fingerprint density at radius 3 is 2.78 bits per heavy atom. The molecule has 3 N–H and O–H groups in total. The zero-order valence-electron chi connectivity index (χ0n) is 5.61. The Morgan fingerprint density at radius 1 is 1.89 bits per heavy atom. The van der Waals surface area contributed by atoms with Crippen LogP contribution >= 0.6 is 0 Å². The second-order valence-corrected chi connectivity index (χ2v) is 2.77. The predicted molar refractivity (Wildman–Crippen MR) is 34.8 cm³/mol. The van der Waals surface area contributed by atoms with Crippen LogP contribution < -0.4 is 11.1 Å². The van der Waals surface area contributed by atoms with Crippen LogP contribution in [-0.4, -0.2) is 19.0 Å². The number of nitrogens with one attached hydrogen (secondary N) is 1. The summed E-state index contributed by atoms with van der Waals surface area (Å²) in [4.78, 5) is 10.9. The van der Waals surface area contributed by atoms with Gasteiger partial charge in [0.2, 0.25) is 5.91 Å². The van der Waals surface area contributed by atoms with Gasteiger partial charge in [-0.2, -0.15) is 0 Å². The Hall–Kier alpha value is -0.570. The van der Waals surface area contributed by atoms with Gasteiger partial charge in [-0.15, -0.1) is 0 Å². The molecule has 0 aromatic carbocycles. The van der Waals surface area contributed by atoms with Crippen LogP contribution in [0.4, 0.5) is 0 Å². The number of hydrogen-bond acceptors (Lipinski definition) is 2. The summed E-state index contributed by atoms with van der Waals surface area (Å²) in [5.74, 6) is 0.102. The van der Waals surface area contributed by atoms with Crippen LogP contribution in [-0.2, 0) is 4.79 Å². The third-order valence-corrected chi connectivity index (χ3v) is 1.96. The monoisotopic (exact) mass is 128 g/mol. The van der Waals surface area contributed by atoms with Gasteiger partial charge in [-0.25, -0.2) is 0 Å². The molecule has 0 spiro atoms. The smallest absolute Gasteiger partial charge is 0.227 e. The van der Waals surface area contributed by atoms with Gasteiger partial charge in [0.05, 0.1) is 5.41 Å². The van der Waals surface area contributed by atoms with E-state index in [9.17, 15) is 4.79 Å². The van der Waals surface area contributed by atoms with Gasteiger partial charge < -0.3 is 11.1 Å². The molecular formula is C6H12N2O. The predicted octanol–water partition coefficient (Wildman–Crippen LogP) is -0.529. The number of rotatable bonds is 1. The van der Waals surface area contributed by atoms with E-state index in [1.807, 2.05) is 6.92 Å². The van der Waals surface area contributed by atoms with Crippen LogP contribution in [0.5, 0.6) is 0 Å². The normalized spacial score (nSPS) is 34.7. The van der Waals surface area contributed by atoms with E-state index >= 15 is 0 Å². The number of amides is 1. The summed E-state index contributed by atoms with van der Waals surface area (Å²) in [5, 5.41) is 2.74. The third kappa shape index (κ3) is 0.920. The summed E-state index contributed by atoms with van der Waals surface area (Å²) in [7, 11) is 0. The molecule has 1 unspecified atom stereocenters. The van der Waals surface area contributed by atoms with Crippen molar-refractivity contribution in [3.63, 3.8) is 0 Å². The summed E-state index contributed by atoms with van der Waals surface area (Å²) in [5.41, 5.74) is 5.12. The van der Waals surface area contributed by atoms with Gasteiger partial charge in [0, 0.05) is 13.1 Å². The Kier molecular flexibility index (Phi) is 1.45. The summed E-state index contributed by atoms with van der Waals surface area (Å²) >= 11 is 0. The highest BCUT2D eigenvalue weighted by molar-refractivity contribution is 5.84. The Labute approximate surface area is 54.6 Å². The second kappa shape index (κ2) is 1.99. The Balaban J connectivity index is 2.67. The van der Waals surface area contributed by atoms with E-state index < -0.39 is 0 Å². The van der Waals surface area contributed by atoms with Gasteiger partial charge in [-0.3, -0.25) is 4.79 Å². The van der Waals surface area contributed by atoms with Crippen molar-refractivity contribution in [1.29, 1.82) is 0 Å². The number of nitrogens with two attached hydrogens (primary N) is 1. The molecule has 1 rings (SSSR count). The molecule has 1 aliphatic rings. The zero-order valence-corrected chi connectivity index (χ0v) is 5.61. The third-order valence-electron chi connectivity index (χ3n) is 1.96. The molecule has 9 heavy (non-hydrogen) atoms. The van der Waals surface area contributed by atoms with Crippen molar-refractivity contribution in [2.45, 2.75) is 13.3 Å². The molecular weight excluding hydrogens is 116 g/mol. The molecule has 1 heterocycles. The fourth-order valence-electron chi connectivity index (χ4n) is 0.974. The van der Waals surface area contributed by atoms with Gasteiger partial charge in [-0.1, -0.05) is 0 Å². The Morgan fingerprint density at radius 2 is 2.56 bits per heavy atom. The van der Waals surface area contributed by atoms with E-state index in [1.165, 1.54) is 0 Å². The highest BCUT2D eigenvalue weighted by Crippen LogP contribution is 2.23. The van der Waals surface area contributed by atoms with Gasteiger partial charge in [0.25, 0.3) is 0 Å². The molecule has 3 nitrogen and oxygen atoms in total. The first-order chi connectivity index (χ1) is 4.19. The highest BCUT2D eigenvalue weighted by Gasteiger charge is 2.35. The van der Waals surface area contributed by atoms with Gasteiger partial charge in [-0.05, 0) is 13.3 Å². The van der Waals surface area contributed by atoms with E-state index in [2.05, 4.69) is 5.32 Å². The van der Waals surface area contributed by atoms with Gasteiger partial charge in [0.1, 0.15) is 0 Å². The van der Waals surface area contributed by atoms with Crippen molar-refractivity contribution < 1.29 is 4.79 Å². The molecule has 0 radical (unpaired) electrons. The molecule has 0 bridgehead atoms. The van der Waals surface area contributed by atoms with Crippen LogP contribution in [0.15, 0.2) is 0 Å². The second-order valence-electron chi connectivity index (χ2n) is 2.77. The SMILES string of the molecule is CC1(CN)CCNC1=O. The fourth-order valence-corrected chi connectivity index (χ4v) is 0.974. The largest absolute Gasteiger partial charge is 0.356 e. The van der Waals surface area contributed by atoms with Crippen LogP contribution in [0.3, 0.4) is 0 Å². The first-order valence-electron chi connectivity index (χ1n) is 3.17. The summed E-state index contributed by atoms with van der Waals surface area (Å²) in [6, 6.07) is 0. The van der Waals surface area contributed by atoms with Crippen LogP contribution in [0, 0.1) is 5.41 Å². The van der Waals surface area contributed by atoms with E-state index in [0.29, 0.717) is 6.54 Å². The first kappa shape index (κ1) is 6.55. The topological polar surface area (TPSA) is 55.1 Å². The average molecular weight is 128 g/mol. The summed E-state index contributed by atoms with van der Waals surface area (Å²) in [6.45, 7) is 3.14. The minimum absolute atomic E-state index is 0.102. The molecule has 0 aromatic heterocycles. The summed E-state index contributed by atoms with van der Waals surface area (Å²) in [6.07, 6.45) is 0.877. The lowest BCUT2D eigenvalue weighted by atomic mass is 9.89. The average Bonchev–Trinajstić information content (AvgIpc) is 2.15. The van der Waals surface area contributed by atoms with Gasteiger partial charge >= 0.3 is 0 Å². The molecule has 1 atom stereocenters. The lowest BCUT2D eigenvalue weighted by Gasteiger charge is -2.15. The standard InChI is InChI=1S/C6H12N2O/c1-6(4-7)2-3-8-5(6)9/h2-4,7H2,1H3,(H,8,9). The lowest BCUT2D eigenvalue weighted by Crippen LogP contribution is -2.35. The van der Waals surface area contributed by atoms with E-state index in [1.54, 1.807) is 0 Å². The molecule has 1 saturated heterocycles. The quantitative estimate of drug-likeness (QED) is 0.499. The summed E-state index contributed by atoms with van der Waals surface area (Å²) < 4.78 is 0. The highest BCUT2D eigenvalue weighted by atomic mass is 16.2. The molecule has 0 aromatic rings. The van der Waals surface area contributed by atoms with Crippen LogP contribution in [0.2, 0.25) is 0 Å². The van der Waals surface area contributed by atoms with E-state index in [0.717, 1.165) is 13.0 Å². The van der Waals surface area contributed by atoms with E-state index in [-0.39, 0.29) is 11.3 Å². The molecule has 1 fully saturated rings. The van der Waals surface area contributed by atoms with Crippen molar-refractivity contribution in [1.82, 2.24) is 5.32 Å². The molecule has 0 aliphatic carbocycles. The van der Waals surface area contributed by atoms with E-state index in [4.69, 9.17) is 5.73 Å². The minimum Gasteiger partial charge on any atom is -0.356 e. The Bertz CT molecular complexity index is 135. The molecule has 52 valence electrons. The number of carbonyl (C=O) groups is 1. The first-order valence-corrected chi connectivity index (χ1v) is 3.17. The fraction of sp³-hybridized carbons (Fsp3) is 0.833. The maximum atomic E-state index is 10.9. The van der Waals surface area contributed by atoms with Crippen molar-refractivity contribution in [2.24, 2.45) is 11.1 Å². The van der Waals surface area contributed by atoms with Crippen molar-refractivity contribution in [3.05, 3.63) is 0 Å². The molecule has 1 aliphatic heterocycles. The molecule has 1 amide bonds. The molecule has 0 saturated carbocycles. The maximum absolute atomic E-state index is 10.9. The van der Waals surface area contributed by atoms with Crippen LogP contribution in [0.1, 0.15) is 13.3 Å². The van der Waals surface area contributed by atoms with Crippen molar-refractivity contribution >= 4 is 5.91 Å². The maximum Gasteiger partial charge on any atom is 0.227 e. The number of hydrogen-bond donors (Lipinski definition) is 2.